The molecule has 0 radical (unpaired) electrons. The highest BCUT2D eigenvalue weighted by atomic mass is 16.5. The number of hydrazine groups is 1. The number of carboxylic acids is 1. The van der Waals surface area contributed by atoms with Gasteiger partial charge < -0.3 is 20.6 Å². The predicted molar refractivity (Wildman–Crippen MR) is 119 cm³/mol. The molecule has 0 saturated carbocycles. The molecule has 0 aliphatic heterocycles. The Morgan fingerprint density at radius 2 is 1.74 bits per heavy atom. The summed E-state index contributed by atoms with van der Waals surface area (Å²) in [5, 5.41) is 13.6. The van der Waals surface area contributed by atoms with Crippen molar-refractivity contribution in [1.82, 2.24) is 15.8 Å². The zero-order chi connectivity index (χ0) is 22.2. The lowest BCUT2D eigenvalue weighted by Gasteiger charge is -2.17. The van der Waals surface area contributed by atoms with Crippen molar-refractivity contribution in [3.63, 3.8) is 0 Å². The Morgan fingerprint density at radius 3 is 2.32 bits per heavy atom. The molecule has 0 bridgehead atoms. The summed E-state index contributed by atoms with van der Waals surface area (Å²) < 4.78 is 5.43. The summed E-state index contributed by atoms with van der Waals surface area (Å²) in [6.45, 7) is 0.601. The van der Waals surface area contributed by atoms with E-state index < -0.39 is 18.1 Å². The molecule has 2 aromatic rings. The average Bonchev–Trinajstić information content (AvgIpc) is 3.07. The van der Waals surface area contributed by atoms with Gasteiger partial charge in [0.25, 0.3) is 0 Å². The highest BCUT2D eigenvalue weighted by molar-refractivity contribution is 5.81. The third-order valence-corrected chi connectivity index (χ3v) is 5.12. The first-order valence-electron chi connectivity index (χ1n) is 10.2. The number of carbonyl (C=O) groups is 2. The summed E-state index contributed by atoms with van der Waals surface area (Å²) in [5.74, 6) is -1.16. The second-order valence-corrected chi connectivity index (χ2v) is 7.56. The molecule has 1 aliphatic carbocycles. The number of ether oxygens (including phenoxy) is 1. The van der Waals surface area contributed by atoms with Crippen molar-refractivity contribution >= 4 is 18.4 Å². The monoisotopic (exact) mass is 424 g/mol. The average molecular weight is 425 g/mol. The Bertz CT molecular complexity index is 899. The molecule has 1 aliphatic rings. The van der Waals surface area contributed by atoms with Crippen LogP contribution in [0.15, 0.2) is 53.5 Å². The van der Waals surface area contributed by atoms with Crippen LogP contribution in [0.3, 0.4) is 0 Å². The molecule has 3 N–H and O–H groups in total. The van der Waals surface area contributed by atoms with Crippen molar-refractivity contribution < 1.29 is 19.4 Å². The molecule has 1 atom stereocenters. The van der Waals surface area contributed by atoms with E-state index in [1.165, 1.54) is 0 Å². The summed E-state index contributed by atoms with van der Waals surface area (Å²) in [4.78, 5) is 27.9. The number of carboxylic acid groups (broad SMARTS) is 1. The third kappa shape index (κ3) is 5.82. The van der Waals surface area contributed by atoms with Crippen molar-refractivity contribution in [2.24, 2.45) is 4.99 Å². The first kappa shape index (κ1) is 22.3. The van der Waals surface area contributed by atoms with Crippen LogP contribution in [0.25, 0.3) is 11.1 Å². The molecule has 164 valence electrons. The maximum atomic E-state index is 12.3. The van der Waals surface area contributed by atoms with E-state index in [9.17, 15) is 14.7 Å². The van der Waals surface area contributed by atoms with Crippen LogP contribution in [0.4, 0.5) is 4.79 Å². The number of benzene rings is 2. The molecule has 1 amide bonds. The van der Waals surface area contributed by atoms with Crippen LogP contribution >= 0.6 is 0 Å². The van der Waals surface area contributed by atoms with Gasteiger partial charge in [-0.15, -0.1) is 0 Å². The summed E-state index contributed by atoms with van der Waals surface area (Å²) in [7, 11) is 3.68. The first-order chi connectivity index (χ1) is 15.0. The van der Waals surface area contributed by atoms with Crippen LogP contribution in [0.5, 0.6) is 0 Å². The number of rotatable bonds is 10. The molecule has 0 heterocycles. The first-order valence-corrected chi connectivity index (χ1v) is 10.2. The molecular weight excluding hydrogens is 396 g/mol. The van der Waals surface area contributed by atoms with E-state index in [-0.39, 0.29) is 18.9 Å². The van der Waals surface area contributed by atoms with E-state index in [2.05, 4.69) is 27.9 Å². The fourth-order valence-corrected chi connectivity index (χ4v) is 3.65. The summed E-state index contributed by atoms with van der Waals surface area (Å²) in [6, 6.07) is 15.1. The Labute approximate surface area is 181 Å². The largest absolute Gasteiger partial charge is 0.480 e. The van der Waals surface area contributed by atoms with E-state index in [4.69, 9.17) is 4.74 Å². The summed E-state index contributed by atoms with van der Waals surface area (Å²) >= 11 is 0. The molecule has 0 spiro atoms. The van der Waals surface area contributed by atoms with E-state index in [0.29, 0.717) is 13.0 Å². The molecule has 31 heavy (non-hydrogen) atoms. The topological polar surface area (TPSA) is 103 Å². The number of hydrogen-bond acceptors (Lipinski definition) is 5. The van der Waals surface area contributed by atoms with E-state index >= 15 is 0 Å². The number of amides is 1. The van der Waals surface area contributed by atoms with Gasteiger partial charge in [0.15, 0.2) is 0 Å². The van der Waals surface area contributed by atoms with Crippen molar-refractivity contribution in [3.8, 4) is 11.1 Å². The smallest absolute Gasteiger partial charge is 0.407 e. The maximum absolute atomic E-state index is 12.3. The molecule has 8 nitrogen and oxygen atoms in total. The fraction of sp³-hybridized carbons (Fsp3) is 0.348. The molecule has 2 aromatic carbocycles. The lowest BCUT2D eigenvalue weighted by Crippen LogP contribution is -2.41. The number of hydrogen-bond donors (Lipinski definition) is 3. The van der Waals surface area contributed by atoms with Gasteiger partial charge in [-0.1, -0.05) is 48.5 Å². The Kier molecular flexibility index (Phi) is 7.61. The number of nitrogens with one attached hydrogen (secondary N) is 2. The van der Waals surface area contributed by atoms with Crippen LogP contribution in [0.1, 0.15) is 29.9 Å². The van der Waals surface area contributed by atoms with Gasteiger partial charge in [0.05, 0.1) is 6.34 Å². The van der Waals surface area contributed by atoms with Crippen LogP contribution < -0.4 is 10.7 Å². The normalized spacial score (nSPS) is 13.6. The SMILES string of the molecule is CN(C)NC=NCCC[C@H](NC(=O)OCC1c2ccccc2-c2ccccc21)C(=O)O. The van der Waals surface area contributed by atoms with Gasteiger partial charge in [0.1, 0.15) is 12.6 Å². The highest BCUT2D eigenvalue weighted by Crippen LogP contribution is 2.44. The minimum absolute atomic E-state index is 0.0695. The van der Waals surface area contributed by atoms with Gasteiger partial charge in [0, 0.05) is 26.6 Å². The standard InChI is InChI=1S/C23H28N4O4/c1-27(2)25-15-24-13-7-12-21(22(28)29)26-23(30)31-14-20-18-10-5-3-8-16(18)17-9-4-6-11-19(17)20/h3-6,8-11,15,20-21H,7,12-14H2,1-2H3,(H,24,25)(H,26,30)(H,28,29)/t21-/m0/s1. The number of alkyl carbamates (subject to hydrolysis) is 1. The van der Waals surface area contributed by atoms with Crippen molar-refractivity contribution in [2.45, 2.75) is 24.8 Å². The molecule has 0 aromatic heterocycles. The molecular formula is C23H28N4O4. The van der Waals surface area contributed by atoms with Gasteiger partial charge in [-0.05, 0) is 35.1 Å². The third-order valence-electron chi connectivity index (χ3n) is 5.12. The molecule has 8 heteroatoms. The molecule has 0 fully saturated rings. The van der Waals surface area contributed by atoms with Gasteiger partial charge in [-0.3, -0.25) is 4.99 Å². The number of aliphatic imine (C=N–C) groups is 1. The molecule has 0 unspecified atom stereocenters. The summed E-state index contributed by atoms with van der Waals surface area (Å²) in [5.41, 5.74) is 7.37. The van der Waals surface area contributed by atoms with E-state index in [0.717, 1.165) is 22.3 Å². The van der Waals surface area contributed by atoms with Gasteiger partial charge in [-0.2, -0.15) is 0 Å². The Morgan fingerprint density at radius 1 is 1.13 bits per heavy atom. The van der Waals surface area contributed by atoms with Crippen molar-refractivity contribution in [2.75, 3.05) is 27.2 Å². The van der Waals surface area contributed by atoms with Crippen molar-refractivity contribution in [1.29, 1.82) is 0 Å². The van der Waals surface area contributed by atoms with Crippen LogP contribution in [-0.4, -0.2) is 61.8 Å². The number of fused-ring (bicyclic) bond motifs is 3. The summed E-state index contributed by atoms with van der Waals surface area (Å²) in [6.07, 6.45) is 1.60. The number of carbonyl (C=O) groups excluding carboxylic acids is 1. The lowest BCUT2D eigenvalue weighted by molar-refractivity contribution is -0.139. The molecule has 0 saturated heterocycles. The van der Waals surface area contributed by atoms with Crippen LogP contribution in [0, 0.1) is 0 Å². The van der Waals surface area contributed by atoms with E-state index in [1.54, 1.807) is 11.3 Å². The van der Waals surface area contributed by atoms with Gasteiger partial charge in [0.2, 0.25) is 0 Å². The lowest BCUT2D eigenvalue weighted by atomic mass is 9.98. The molecule has 3 rings (SSSR count). The quantitative estimate of drug-likeness (QED) is 0.235. The zero-order valence-electron chi connectivity index (χ0n) is 17.7. The fourth-order valence-electron chi connectivity index (χ4n) is 3.65. The van der Waals surface area contributed by atoms with Crippen LogP contribution in [-0.2, 0) is 9.53 Å². The second kappa shape index (κ2) is 10.6. The van der Waals surface area contributed by atoms with Crippen molar-refractivity contribution in [3.05, 3.63) is 59.7 Å². The Hall–Kier alpha value is -3.39. The minimum atomic E-state index is -1.09. The van der Waals surface area contributed by atoms with Gasteiger partial charge >= 0.3 is 12.1 Å². The number of nitrogens with zero attached hydrogens (tertiary/aromatic N) is 2. The van der Waals surface area contributed by atoms with Crippen LogP contribution in [0.2, 0.25) is 0 Å². The minimum Gasteiger partial charge on any atom is -0.480 e. The van der Waals surface area contributed by atoms with Gasteiger partial charge in [-0.25, -0.2) is 14.6 Å². The number of aliphatic carboxylic acids is 1. The second-order valence-electron chi connectivity index (χ2n) is 7.56. The predicted octanol–water partition coefficient (Wildman–Crippen LogP) is 2.85. The highest BCUT2D eigenvalue weighted by Gasteiger charge is 2.29. The Balaban J connectivity index is 1.53. The maximum Gasteiger partial charge on any atom is 0.407 e. The van der Waals surface area contributed by atoms with E-state index in [1.807, 2.05) is 50.5 Å². The zero-order valence-corrected chi connectivity index (χ0v) is 17.7.